The van der Waals surface area contributed by atoms with E-state index in [1.54, 1.807) is 36.5 Å². The van der Waals surface area contributed by atoms with Crippen LogP contribution >= 0.6 is 39.1 Å². The molecule has 10 heteroatoms. The summed E-state index contributed by atoms with van der Waals surface area (Å²) in [5, 5.41) is 11.0. The molecular weight excluding hydrogens is 493 g/mol. The Labute approximate surface area is 190 Å². The molecule has 0 unspecified atom stereocenters. The highest BCUT2D eigenvalue weighted by molar-refractivity contribution is 9.10. The number of carbonyl (C=O) groups is 2. The largest absolute Gasteiger partial charge is 0.350 e. The van der Waals surface area contributed by atoms with Gasteiger partial charge in [-0.15, -0.1) is 0 Å². The van der Waals surface area contributed by atoms with Crippen molar-refractivity contribution in [1.29, 1.82) is 0 Å². The van der Waals surface area contributed by atoms with Gasteiger partial charge in [-0.05, 0) is 58.6 Å². The van der Waals surface area contributed by atoms with Gasteiger partial charge in [0.15, 0.2) is 5.82 Å². The van der Waals surface area contributed by atoms with E-state index in [0.29, 0.717) is 39.9 Å². The van der Waals surface area contributed by atoms with Gasteiger partial charge in [-0.1, -0.05) is 35.3 Å². The first-order chi connectivity index (χ1) is 14.4. The third kappa shape index (κ3) is 4.35. The van der Waals surface area contributed by atoms with Crippen LogP contribution in [0, 0.1) is 0 Å². The van der Waals surface area contributed by atoms with Crippen molar-refractivity contribution in [3.05, 3.63) is 74.6 Å². The molecule has 0 saturated heterocycles. The first-order valence-electron chi connectivity index (χ1n) is 9.10. The maximum absolute atomic E-state index is 13.0. The standard InChI is InChI=1S/C20H16BrCl2N5O2/c21-16-10-15(28(27-16)17-14(23)2-1-9-24-17)18(29)26-20(7-8-20)19(30)25-11-12-3-5-13(22)6-4-12/h1-6,9-10H,7-8,11H2,(H,25,30)(H,26,29). The summed E-state index contributed by atoms with van der Waals surface area (Å²) in [5.41, 5.74) is 0.208. The number of nitrogens with one attached hydrogen (secondary N) is 2. The van der Waals surface area contributed by atoms with Crippen LogP contribution in [-0.4, -0.2) is 32.1 Å². The van der Waals surface area contributed by atoms with Gasteiger partial charge in [-0.2, -0.15) is 5.10 Å². The lowest BCUT2D eigenvalue weighted by Gasteiger charge is -2.18. The summed E-state index contributed by atoms with van der Waals surface area (Å²) in [7, 11) is 0. The molecule has 0 spiro atoms. The number of aromatic nitrogens is 3. The van der Waals surface area contributed by atoms with Gasteiger partial charge in [0.25, 0.3) is 5.91 Å². The first-order valence-corrected chi connectivity index (χ1v) is 10.6. The van der Waals surface area contributed by atoms with E-state index in [0.717, 1.165) is 5.56 Å². The molecule has 2 amide bonds. The average Bonchev–Trinajstić information content (AvgIpc) is 3.41. The molecular formula is C20H16BrCl2N5O2. The van der Waals surface area contributed by atoms with E-state index in [4.69, 9.17) is 23.2 Å². The average molecular weight is 509 g/mol. The van der Waals surface area contributed by atoms with Crippen LogP contribution in [0.3, 0.4) is 0 Å². The highest BCUT2D eigenvalue weighted by Crippen LogP contribution is 2.36. The normalized spacial score (nSPS) is 14.2. The predicted octanol–water partition coefficient (Wildman–Crippen LogP) is 3.92. The van der Waals surface area contributed by atoms with Crippen molar-refractivity contribution in [3.8, 4) is 5.82 Å². The second-order valence-electron chi connectivity index (χ2n) is 6.92. The molecule has 1 aromatic carbocycles. The van der Waals surface area contributed by atoms with E-state index >= 15 is 0 Å². The molecule has 1 saturated carbocycles. The second kappa shape index (κ2) is 8.37. The van der Waals surface area contributed by atoms with Crippen LogP contribution in [0.2, 0.25) is 10.0 Å². The third-order valence-corrected chi connectivity index (χ3v) is 5.69. The number of hydrogen-bond acceptors (Lipinski definition) is 4. The SMILES string of the molecule is O=C(NC1(C(=O)NCc2ccc(Cl)cc2)CC1)c1cc(Br)nn1-c1ncccc1Cl. The fourth-order valence-corrected chi connectivity index (χ4v) is 3.68. The number of amides is 2. The fourth-order valence-electron chi connectivity index (χ4n) is 2.98. The minimum atomic E-state index is -0.932. The van der Waals surface area contributed by atoms with Gasteiger partial charge in [0.05, 0.1) is 5.02 Å². The van der Waals surface area contributed by atoms with E-state index in [1.165, 1.54) is 4.68 Å². The molecule has 0 radical (unpaired) electrons. The predicted molar refractivity (Wildman–Crippen MR) is 117 cm³/mol. The summed E-state index contributed by atoms with van der Waals surface area (Å²) in [5.74, 6) is -0.340. The van der Waals surface area contributed by atoms with Crippen LogP contribution in [0.5, 0.6) is 0 Å². The minimum Gasteiger partial charge on any atom is -0.350 e. The zero-order valence-corrected chi connectivity index (χ0v) is 18.6. The van der Waals surface area contributed by atoms with Crippen LogP contribution in [0.15, 0.2) is 53.3 Å². The molecule has 0 atom stereocenters. The second-order valence-corrected chi connectivity index (χ2v) is 8.57. The van der Waals surface area contributed by atoms with Crippen LogP contribution in [0.1, 0.15) is 28.9 Å². The van der Waals surface area contributed by atoms with E-state index in [2.05, 4.69) is 36.6 Å². The Bertz CT molecular complexity index is 1110. The van der Waals surface area contributed by atoms with Gasteiger partial charge >= 0.3 is 0 Å². The van der Waals surface area contributed by atoms with Crippen LogP contribution < -0.4 is 10.6 Å². The summed E-state index contributed by atoms with van der Waals surface area (Å²) in [6.07, 6.45) is 2.68. The molecule has 1 fully saturated rings. The lowest BCUT2D eigenvalue weighted by Crippen LogP contribution is -2.49. The number of rotatable bonds is 6. The number of pyridine rings is 1. The van der Waals surface area contributed by atoms with Crippen molar-refractivity contribution in [2.75, 3.05) is 0 Å². The first kappa shape index (κ1) is 20.8. The molecule has 2 N–H and O–H groups in total. The zero-order chi connectivity index (χ0) is 21.3. The van der Waals surface area contributed by atoms with Gasteiger partial charge in [0.1, 0.15) is 15.8 Å². The molecule has 30 heavy (non-hydrogen) atoms. The topological polar surface area (TPSA) is 88.9 Å². The molecule has 3 aromatic rings. The van der Waals surface area contributed by atoms with E-state index in [9.17, 15) is 9.59 Å². The summed E-state index contributed by atoms with van der Waals surface area (Å²) < 4.78 is 1.80. The smallest absolute Gasteiger partial charge is 0.270 e. The molecule has 7 nitrogen and oxygen atoms in total. The lowest BCUT2D eigenvalue weighted by molar-refractivity contribution is -0.124. The highest BCUT2D eigenvalue weighted by Gasteiger charge is 2.51. The Balaban J connectivity index is 1.48. The Morgan fingerprint density at radius 1 is 1.17 bits per heavy atom. The Morgan fingerprint density at radius 3 is 2.57 bits per heavy atom. The summed E-state index contributed by atoms with van der Waals surface area (Å²) in [4.78, 5) is 29.9. The van der Waals surface area contributed by atoms with Crippen molar-refractivity contribution in [2.24, 2.45) is 0 Å². The van der Waals surface area contributed by atoms with E-state index < -0.39 is 11.4 Å². The lowest BCUT2D eigenvalue weighted by atomic mass is 10.2. The van der Waals surface area contributed by atoms with Crippen molar-refractivity contribution in [2.45, 2.75) is 24.9 Å². The fraction of sp³-hybridized carbons (Fsp3) is 0.200. The Hall–Kier alpha value is -2.42. The van der Waals surface area contributed by atoms with Crippen molar-refractivity contribution in [3.63, 3.8) is 0 Å². The highest BCUT2D eigenvalue weighted by atomic mass is 79.9. The number of carbonyl (C=O) groups excluding carboxylic acids is 2. The van der Waals surface area contributed by atoms with Crippen molar-refractivity contribution < 1.29 is 9.59 Å². The van der Waals surface area contributed by atoms with Gasteiger partial charge in [0, 0.05) is 23.8 Å². The Kier molecular flexibility index (Phi) is 5.81. The van der Waals surface area contributed by atoms with Crippen molar-refractivity contribution >= 4 is 50.9 Å². The molecule has 0 aliphatic heterocycles. The summed E-state index contributed by atoms with van der Waals surface area (Å²) in [6.45, 7) is 0.348. The molecule has 1 aliphatic rings. The molecule has 2 aromatic heterocycles. The van der Waals surface area contributed by atoms with E-state index in [1.807, 2.05) is 12.1 Å². The molecule has 4 rings (SSSR count). The van der Waals surface area contributed by atoms with Gasteiger partial charge in [-0.3, -0.25) is 9.59 Å². The number of hydrogen-bond donors (Lipinski definition) is 2. The minimum absolute atomic E-state index is 0.222. The third-order valence-electron chi connectivity index (χ3n) is 4.76. The van der Waals surface area contributed by atoms with Gasteiger partial charge in [0.2, 0.25) is 5.91 Å². The van der Waals surface area contributed by atoms with Crippen LogP contribution in [0.25, 0.3) is 5.82 Å². The van der Waals surface area contributed by atoms with E-state index in [-0.39, 0.29) is 11.6 Å². The maximum atomic E-state index is 13.0. The maximum Gasteiger partial charge on any atom is 0.270 e. The monoisotopic (exact) mass is 507 g/mol. The molecule has 1 aliphatic carbocycles. The van der Waals surface area contributed by atoms with Crippen molar-refractivity contribution in [1.82, 2.24) is 25.4 Å². The van der Waals surface area contributed by atoms with Gasteiger partial charge in [-0.25, -0.2) is 9.67 Å². The summed E-state index contributed by atoms with van der Waals surface area (Å²) >= 11 is 15.4. The quantitative estimate of drug-likeness (QED) is 0.528. The zero-order valence-electron chi connectivity index (χ0n) is 15.5. The Morgan fingerprint density at radius 2 is 1.90 bits per heavy atom. The van der Waals surface area contributed by atoms with Crippen LogP contribution in [-0.2, 0) is 11.3 Å². The summed E-state index contributed by atoms with van der Waals surface area (Å²) in [6, 6.07) is 12.1. The molecule has 154 valence electrons. The molecule has 2 heterocycles. The number of nitrogens with zero attached hydrogens (tertiary/aromatic N) is 3. The van der Waals surface area contributed by atoms with Crippen LogP contribution in [0.4, 0.5) is 0 Å². The van der Waals surface area contributed by atoms with Gasteiger partial charge < -0.3 is 10.6 Å². The molecule has 0 bridgehead atoms. The number of benzene rings is 1. The number of halogens is 3.